The molecule has 0 aliphatic heterocycles. The zero-order valence-electron chi connectivity index (χ0n) is 21.4. The Morgan fingerprint density at radius 3 is 2.55 bits per heavy atom. The van der Waals surface area contributed by atoms with Gasteiger partial charge in [-0.2, -0.15) is 0 Å². The minimum Gasteiger partial charge on any atom is -0.0996 e. The topological polar surface area (TPSA) is 0 Å². The molecule has 2 aromatic carbocycles. The first kappa shape index (κ1) is 24.1. The number of hydrogen-bond donors (Lipinski definition) is 0. The minimum atomic E-state index is 0.776. The molecule has 2 aliphatic carbocycles. The van der Waals surface area contributed by atoms with Gasteiger partial charge in [0.1, 0.15) is 0 Å². The summed E-state index contributed by atoms with van der Waals surface area (Å²) in [6.45, 7) is 15.8. The van der Waals surface area contributed by atoms with Crippen LogP contribution in [0.4, 0.5) is 0 Å². The Hall–Kier alpha value is -2.08. The minimum absolute atomic E-state index is 0.776. The number of allylic oxidation sites excluding steroid dienone is 2. The van der Waals surface area contributed by atoms with Crippen LogP contribution in [0.25, 0.3) is 0 Å². The lowest BCUT2D eigenvalue weighted by Crippen LogP contribution is -2.24. The molecule has 0 bridgehead atoms. The van der Waals surface area contributed by atoms with Crippen LogP contribution in [0.3, 0.4) is 0 Å². The first-order valence-electron chi connectivity index (χ1n) is 13.5. The van der Waals surface area contributed by atoms with Crippen LogP contribution < -0.4 is 0 Å². The van der Waals surface area contributed by atoms with E-state index in [0.29, 0.717) is 0 Å². The van der Waals surface area contributed by atoms with Crippen LogP contribution in [0, 0.1) is 24.7 Å². The molecule has 0 amide bonds. The molecule has 33 heavy (non-hydrogen) atoms. The molecule has 0 heterocycles. The van der Waals surface area contributed by atoms with E-state index in [1.807, 2.05) is 0 Å². The van der Waals surface area contributed by atoms with Gasteiger partial charge in [-0.25, -0.2) is 0 Å². The van der Waals surface area contributed by atoms with Crippen LogP contribution in [0.15, 0.2) is 60.7 Å². The molecule has 176 valence electrons. The quantitative estimate of drug-likeness (QED) is 0.342. The van der Waals surface area contributed by atoms with Crippen LogP contribution in [-0.2, 0) is 32.1 Å². The zero-order chi connectivity index (χ0) is 23.4. The Labute approximate surface area is 203 Å². The second kappa shape index (κ2) is 10.9. The number of hydrogen-bond acceptors (Lipinski definition) is 0. The van der Waals surface area contributed by atoms with Crippen molar-refractivity contribution in [1.82, 2.24) is 0 Å². The molecule has 3 unspecified atom stereocenters. The fourth-order valence-electron chi connectivity index (χ4n) is 6.61. The van der Waals surface area contributed by atoms with Crippen molar-refractivity contribution in [3.8, 4) is 0 Å². The molecule has 0 spiro atoms. The van der Waals surface area contributed by atoms with Crippen molar-refractivity contribution in [3.05, 3.63) is 94.1 Å². The van der Waals surface area contributed by atoms with Crippen LogP contribution >= 0.6 is 0 Å². The van der Waals surface area contributed by atoms with Gasteiger partial charge in [0, 0.05) is 0 Å². The third kappa shape index (κ3) is 5.71. The number of aryl methyl sites for hydroxylation is 1. The van der Waals surface area contributed by atoms with E-state index in [1.54, 1.807) is 16.7 Å². The van der Waals surface area contributed by atoms with E-state index in [0.717, 1.165) is 37.0 Å². The maximum atomic E-state index is 4.46. The standard InChI is InChI=1S/C33H44/c1-6-10-24(4)28-13-9-14-30(20-28)32-21-31-16-15-29(25(5)33(31)22-32)18-23(3)17-27-12-8-11-26(7-2)19-27/h8,11-12,15-16,19,28,30,32H,3-4,6-7,9-10,13-14,17-18,20-22H2,1-2,5H3. The largest absolute Gasteiger partial charge is 0.0996 e. The highest BCUT2D eigenvalue weighted by molar-refractivity contribution is 5.45. The molecule has 0 nitrogen and oxygen atoms in total. The average Bonchev–Trinajstić information content (AvgIpc) is 3.26. The van der Waals surface area contributed by atoms with Gasteiger partial charge in [-0.05, 0) is 109 Å². The second-order valence-corrected chi connectivity index (χ2v) is 11.0. The first-order chi connectivity index (χ1) is 16.0. The van der Waals surface area contributed by atoms with Gasteiger partial charge in [0.2, 0.25) is 0 Å². The molecule has 3 atom stereocenters. The highest BCUT2D eigenvalue weighted by Gasteiger charge is 2.34. The summed E-state index contributed by atoms with van der Waals surface area (Å²) in [6, 6.07) is 13.8. The average molecular weight is 441 g/mol. The summed E-state index contributed by atoms with van der Waals surface area (Å²) in [6.07, 6.45) is 13.7. The predicted molar refractivity (Wildman–Crippen MR) is 144 cm³/mol. The summed E-state index contributed by atoms with van der Waals surface area (Å²) < 4.78 is 0. The highest BCUT2D eigenvalue weighted by Crippen LogP contribution is 2.44. The molecule has 0 heteroatoms. The molecule has 4 rings (SSSR count). The van der Waals surface area contributed by atoms with E-state index in [2.05, 4.69) is 70.3 Å². The number of fused-ring (bicyclic) bond motifs is 1. The Bertz CT molecular complexity index is 991. The van der Waals surface area contributed by atoms with Crippen molar-refractivity contribution in [2.75, 3.05) is 0 Å². The monoisotopic (exact) mass is 440 g/mol. The molecule has 1 fully saturated rings. The molecule has 0 saturated heterocycles. The molecule has 0 radical (unpaired) electrons. The Balaban J connectivity index is 1.40. The lowest BCUT2D eigenvalue weighted by atomic mass is 9.71. The lowest BCUT2D eigenvalue weighted by molar-refractivity contribution is 0.215. The van der Waals surface area contributed by atoms with Gasteiger partial charge >= 0.3 is 0 Å². The third-order valence-electron chi connectivity index (χ3n) is 8.58. The normalized spacial score (nSPS) is 22.2. The fraction of sp³-hybridized carbons (Fsp3) is 0.515. The molecular formula is C33H44. The zero-order valence-corrected chi connectivity index (χ0v) is 21.4. The van der Waals surface area contributed by atoms with Gasteiger partial charge < -0.3 is 0 Å². The first-order valence-corrected chi connectivity index (χ1v) is 13.5. The second-order valence-electron chi connectivity index (χ2n) is 11.0. The fourth-order valence-corrected chi connectivity index (χ4v) is 6.61. The van der Waals surface area contributed by atoms with Crippen molar-refractivity contribution in [2.45, 2.75) is 91.4 Å². The van der Waals surface area contributed by atoms with Crippen LogP contribution in [0.1, 0.15) is 85.8 Å². The van der Waals surface area contributed by atoms with E-state index in [9.17, 15) is 0 Å². The van der Waals surface area contributed by atoms with Crippen LogP contribution in [0.5, 0.6) is 0 Å². The van der Waals surface area contributed by atoms with Crippen molar-refractivity contribution < 1.29 is 0 Å². The van der Waals surface area contributed by atoms with E-state index >= 15 is 0 Å². The van der Waals surface area contributed by atoms with Gasteiger partial charge in [0.15, 0.2) is 0 Å². The van der Waals surface area contributed by atoms with E-state index in [1.165, 1.54) is 79.2 Å². The van der Waals surface area contributed by atoms with Crippen LogP contribution in [-0.4, -0.2) is 0 Å². The summed E-state index contributed by atoms with van der Waals surface area (Å²) in [4.78, 5) is 0. The van der Waals surface area contributed by atoms with Gasteiger partial charge in [-0.15, -0.1) is 0 Å². The molecule has 2 aromatic rings. The van der Waals surface area contributed by atoms with Gasteiger partial charge in [0.05, 0.1) is 0 Å². The molecule has 0 aromatic heterocycles. The summed E-state index contributed by atoms with van der Waals surface area (Å²) in [5.41, 5.74) is 12.0. The van der Waals surface area contributed by atoms with E-state index in [4.69, 9.17) is 0 Å². The Morgan fingerprint density at radius 1 is 0.939 bits per heavy atom. The van der Waals surface area contributed by atoms with Crippen molar-refractivity contribution >= 4 is 0 Å². The summed E-state index contributed by atoms with van der Waals surface area (Å²) in [5.74, 6) is 2.50. The summed E-state index contributed by atoms with van der Waals surface area (Å²) in [5, 5.41) is 0. The summed E-state index contributed by atoms with van der Waals surface area (Å²) in [7, 11) is 0. The van der Waals surface area contributed by atoms with E-state index in [-0.39, 0.29) is 0 Å². The maximum absolute atomic E-state index is 4.46. The highest BCUT2D eigenvalue weighted by atomic mass is 14.4. The SMILES string of the molecule is C=C(Cc1cccc(CC)c1)Cc1ccc2c(c1C)CC(C1CCCC(C(=C)CCC)C1)C2. The number of rotatable bonds is 9. The predicted octanol–water partition coefficient (Wildman–Crippen LogP) is 8.78. The molecule has 2 aliphatic rings. The molecule has 0 N–H and O–H groups in total. The van der Waals surface area contributed by atoms with Crippen molar-refractivity contribution in [2.24, 2.45) is 17.8 Å². The van der Waals surface area contributed by atoms with Gasteiger partial charge in [-0.1, -0.05) is 93.8 Å². The lowest BCUT2D eigenvalue weighted by Gasteiger charge is -2.34. The Kier molecular flexibility index (Phi) is 7.94. The molecule has 1 saturated carbocycles. The maximum Gasteiger partial charge on any atom is -0.00638 e. The molecular weight excluding hydrogens is 396 g/mol. The third-order valence-corrected chi connectivity index (χ3v) is 8.58. The summed E-state index contributed by atoms with van der Waals surface area (Å²) >= 11 is 0. The van der Waals surface area contributed by atoms with E-state index < -0.39 is 0 Å². The smallest absolute Gasteiger partial charge is 0.00638 e. The van der Waals surface area contributed by atoms with Crippen LogP contribution in [0.2, 0.25) is 0 Å². The van der Waals surface area contributed by atoms with Gasteiger partial charge in [0.25, 0.3) is 0 Å². The number of benzene rings is 2. The van der Waals surface area contributed by atoms with Gasteiger partial charge in [-0.3, -0.25) is 0 Å². The van der Waals surface area contributed by atoms with Crippen molar-refractivity contribution in [1.29, 1.82) is 0 Å². The van der Waals surface area contributed by atoms with Crippen molar-refractivity contribution in [3.63, 3.8) is 0 Å². The Morgan fingerprint density at radius 2 is 1.76 bits per heavy atom.